The van der Waals surface area contributed by atoms with Crippen molar-refractivity contribution in [3.05, 3.63) is 70.3 Å². The van der Waals surface area contributed by atoms with Crippen LogP contribution >= 0.6 is 29.7 Å². The molecule has 0 unspecified atom stereocenters. The van der Waals surface area contributed by atoms with Crippen LogP contribution in [0.2, 0.25) is 0 Å². The smallest absolute Gasteiger partial charge is 0.231 e. The SMILES string of the molecule is CCOc1cc(P(=O)(c2cc(C)cc(C)c2)c2cc(C)cc(C)c2)c(CI)c2c1OCO2. The molecular weight excluding hydrogens is 534 g/mol. The maximum absolute atomic E-state index is 15.4. The fourth-order valence-corrected chi connectivity index (χ4v) is 8.76. The largest absolute Gasteiger partial charge is 0.490 e. The second kappa shape index (κ2) is 9.11. The molecule has 3 aromatic rings. The minimum atomic E-state index is -3.24. The van der Waals surface area contributed by atoms with E-state index in [0.29, 0.717) is 28.3 Å². The van der Waals surface area contributed by atoms with Gasteiger partial charge in [0.1, 0.15) is 0 Å². The predicted molar refractivity (Wildman–Crippen MR) is 140 cm³/mol. The first-order valence-corrected chi connectivity index (χ1v) is 13.9. The molecule has 6 heteroatoms. The predicted octanol–water partition coefficient (Wildman–Crippen LogP) is 5.62. The lowest BCUT2D eigenvalue weighted by atomic mass is 10.1. The van der Waals surface area contributed by atoms with Gasteiger partial charge >= 0.3 is 0 Å². The molecule has 0 radical (unpaired) electrons. The Kier molecular flexibility index (Phi) is 6.60. The average molecular weight is 562 g/mol. The summed E-state index contributed by atoms with van der Waals surface area (Å²) < 4.78 is 33.6. The topological polar surface area (TPSA) is 44.8 Å². The molecule has 0 aliphatic carbocycles. The summed E-state index contributed by atoms with van der Waals surface area (Å²) in [6.07, 6.45) is 0. The van der Waals surface area contributed by atoms with Gasteiger partial charge in [-0.05, 0) is 65.0 Å². The van der Waals surface area contributed by atoms with Crippen molar-refractivity contribution in [2.75, 3.05) is 13.4 Å². The van der Waals surface area contributed by atoms with Crippen molar-refractivity contribution in [3.63, 3.8) is 0 Å². The monoisotopic (exact) mass is 562 g/mol. The third-order valence-electron chi connectivity index (χ3n) is 5.60. The normalized spacial score (nSPS) is 12.8. The van der Waals surface area contributed by atoms with Gasteiger partial charge in [-0.2, -0.15) is 0 Å². The van der Waals surface area contributed by atoms with Crippen LogP contribution in [-0.2, 0) is 8.99 Å². The van der Waals surface area contributed by atoms with Crippen molar-refractivity contribution in [1.82, 2.24) is 0 Å². The lowest BCUT2D eigenvalue weighted by molar-refractivity contribution is 0.169. The molecule has 1 aliphatic rings. The Morgan fingerprint density at radius 3 is 1.81 bits per heavy atom. The van der Waals surface area contributed by atoms with Crippen molar-refractivity contribution in [2.45, 2.75) is 39.0 Å². The Labute approximate surface area is 203 Å². The highest BCUT2D eigenvalue weighted by atomic mass is 127. The second-order valence-corrected chi connectivity index (χ2v) is 11.8. The van der Waals surface area contributed by atoms with E-state index in [4.69, 9.17) is 14.2 Å². The van der Waals surface area contributed by atoms with Crippen molar-refractivity contribution >= 4 is 45.6 Å². The number of fused-ring (bicyclic) bond motifs is 1. The third kappa shape index (κ3) is 4.06. The maximum atomic E-state index is 15.4. The number of aryl methyl sites for hydroxylation is 4. The van der Waals surface area contributed by atoms with Crippen molar-refractivity contribution in [3.8, 4) is 17.2 Å². The van der Waals surface area contributed by atoms with Gasteiger partial charge in [0.05, 0.1) is 6.61 Å². The fourth-order valence-electron chi connectivity index (χ4n) is 4.44. The quantitative estimate of drug-likeness (QED) is 0.222. The average Bonchev–Trinajstić information content (AvgIpc) is 3.22. The number of alkyl halides is 1. The van der Waals surface area contributed by atoms with Crippen LogP contribution in [0.4, 0.5) is 0 Å². The number of hydrogen-bond acceptors (Lipinski definition) is 4. The molecule has 3 aromatic carbocycles. The number of rotatable bonds is 6. The van der Waals surface area contributed by atoms with Gasteiger partial charge in [0.15, 0.2) is 18.6 Å². The van der Waals surface area contributed by atoms with Crippen LogP contribution in [0.1, 0.15) is 34.7 Å². The van der Waals surface area contributed by atoms with Crippen molar-refractivity contribution < 1.29 is 18.8 Å². The maximum Gasteiger partial charge on any atom is 0.231 e. The first-order valence-electron chi connectivity index (χ1n) is 10.7. The van der Waals surface area contributed by atoms with E-state index in [2.05, 4.69) is 34.7 Å². The molecule has 0 aromatic heterocycles. The minimum Gasteiger partial charge on any atom is -0.490 e. The molecule has 4 rings (SSSR count). The van der Waals surface area contributed by atoms with E-state index >= 15 is 4.57 Å². The van der Waals surface area contributed by atoms with Crippen LogP contribution in [0.3, 0.4) is 0 Å². The summed E-state index contributed by atoms with van der Waals surface area (Å²) in [5.41, 5.74) is 5.26. The molecule has 0 N–H and O–H groups in total. The van der Waals surface area contributed by atoms with Gasteiger partial charge in [-0.1, -0.05) is 57.0 Å². The zero-order valence-corrected chi connectivity index (χ0v) is 22.2. The first-order chi connectivity index (χ1) is 15.3. The molecule has 0 amide bonds. The molecule has 0 fully saturated rings. The molecule has 0 spiro atoms. The van der Waals surface area contributed by atoms with E-state index in [1.165, 1.54) is 0 Å². The van der Waals surface area contributed by atoms with Crippen LogP contribution in [0.15, 0.2) is 42.5 Å². The van der Waals surface area contributed by atoms with Crippen LogP contribution < -0.4 is 30.1 Å². The van der Waals surface area contributed by atoms with Crippen LogP contribution in [-0.4, -0.2) is 13.4 Å². The van der Waals surface area contributed by atoms with Crippen molar-refractivity contribution in [1.29, 1.82) is 0 Å². The number of benzene rings is 3. The number of hydrogen-bond donors (Lipinski definition) is 0. The molecule has 0 bridgehead atoms. The van der Waals surface area contributed by atoms with E-state index in [-0.39, 0.29) is 6.79 Å². The lowest BCUT2D eigenvalue weighted by Crippen LogP contribution is -2.28. The molecule has 0 saturated carbocycles. The van der Waals surface area contributed by atoms with E-state index in [1.807, 2.05) is 65.0 Å². The summed E-state index contributed by atoms with van der Waals surface area (Å²) in [5, 5.41) is 2.41. The molecular formula is C26H28IO4P. The Balaban J connectivity index is 2.12. The fraction of sp³-hybridized carbons (Fsp3) is 0.308. The zero-order valence-electron chi connectivity index (χ0n) is 19.1. The molecule has 1 heterocycles. The Morgan fingerprint density at radius 1 is 0.844 bits per heavy atom. The molecule has 32 heavy (non-hydrogen) atoms. The van der Waals surface area contributed by atoms with Gasteiger partial charge < -0.3 is 18.8 Å². The zero-order chi connectivity index (χ0) is 23.0. The molecule has 4 nitrogen and oxygen atoms in total. The van der Waals surface area contributed by atoms with E-state index < -0.39 is 7.14 Å². The van der Waals surface area contributed by atoms with Gasteiger partial charge in [-0.25, -0.2) is 0 Å². The molecule has 0 saturated heterocycles. The van der Waals surface area contributed by atoms with Gasteiger partial charge in [0.2, 0.25) is 12.5 Å². The third-order valence-corrected chi connectivity index (χ3v) is 9.41. The first kappa shape index (κ1) is 23.2. The van der Waals surface area contributed by atoms with Crippen LogP contribution in [0.5, 0.6) is 17.2 Å². The van der Waals surface area contributed by atoms with Crippen LogP contribution in [0, 0.1) is 27.7 Å². The molecule has 0 atom stereocenters. The summed E-state index contributed by atoms with van der Waals surface area (Å²) in [5.74, 6) is 1.83. The summed E-state index contributed by atoms with van der Waals surface area (Å²) in [7, 11) is -3.24. The lowest BCUT2D eigenvalue weighted by Gasteiger charge is -2.25. The standard InChI is InChI=1S/C26H28IO4P/c1-6-29-23-13-24(22(14-27)25-26(23)31-15-30-25)32(28,20-9-16(2)7-17(3)10-20)21-11-18(4)8-19(5)12-21/h7-13H,6,14-15H2,1-5H3. The Hall–Kier alpha value is -1.98. The highest BCUT2D eigenvalue weighted by molar-refractivity contribution is 14.1. The van der Waals surface area contributed by atoms with Crippen LogP contribution in [0.25, 0.3) is 0 Å². The van der Waals surface area contributed by atoms with Gasteiger partial charge in [-0.3, -0.25) is 0 Å². The van der Waals surface area contributed by atoms with Gasteiger partial charge in [0, 0.05) is 25.9 Å². The molecule has 1 aliphatic heterocycles. The van der Waals surface area contributed by atoms with Crippen molar-refractivity contribution in [2.24, 2.45) is 0 Å². The summed E-state index contributed by atoms with van der Waals surface area (Å²) in [6.45, 7) is 10.7. The Bertz CT molecular complexity index is 1140. The summed E-state index contributed by atoms with van der Waals surface area (Å²) >= 11 is 2.31. The minimum absolute atomic E-state index is 0.139. The van der Waals surface area contributed by atoms with E-state index in [1.54, 1.807) is 0 Å². The highest BCUT2D eigenvalue weighted by Crippen LogP contribution is 2.51. The Morgan fingerprint density at radius 2 is 1.34 bits per heavy atom. The molecule has 168 valence electrons. The van der Waals surface area contributed by atoms with Gasteiger partial charge in [0.25, 0.3) is 0 Å². The van der Waals surface area contributed by atoms with Gasteiger partial charge in [-0.15, -0.1) is 0 Å². The highest BCUT2D eigenvalue weighted by Gasteiger charge is 2.37. The van der Waals surface area contributed by atoms with E-state index in [9.17, 15) is 0 Å². The summed E-state index contributed by atoms with van der Waals surface area (Å²) in [6, 6.07) is 14.3. The number of ether oxygens (including phenoxy) is 3. The second-order valence-electron chi connectivity index (χ2n) is 8.30. The summed E-state index contributed by atoms with van der Waals surface area (Å²) in [4.78, 5) is 0. The van der Waals surface area contributed by atoms with E-state index in [0.717, 1.165) is 43.7 Å². The number of halogens is 1.